The summed E-state index contributed by atoms with van der Waals surface area (Å²) in [6, 6.07) is 13.6. The Morgan fingerprint density at radius 1 is 1.05 bits per heavy atom. The number of aryl methyl sites for hydroxylation is 2. The highest BCUT2D eigenvalue weighted by Gasteiger charge is 1.97. The van der Waals surface area contributed by atoms with Crippen LogP contribution in [0.3, 0.4) is 0 Å². The first-order valence-corrected chi connectivity index (χ1v) is 6.60. The Labute approximate surface area is 113 Å². The molecule has 0 radical (unpaired) electrons. The third kappa shape index (κ3) is 4.07. The molecule has 0 bridgehead atoms. The third-order valence-corrected chi connectivity index (χ3v) is 3.04. The summed E-state index contributed by atoms with van der Waals surface area (Å²) in [5, 5.41) is 0. The van der Waals surface area contributed by atoms with Gasteiger partial charge in [0.25, 0.3) is 5.56 Å². The first-order valence-electron chi connectivity index (χ1n) is 6.60. The standard InChI is InChI=1S/C16H19NO2/c1-2-19-13-15-8-6-14(7-9-15)10-12-17-11-4-3-5-16(17)18/h3-9,11H,2,10,12-13H2,1H3. The minimum Gasteiger partial charge on any atom is -0.377 e. The molecule has 3 heteroatoms. The second kappa shape index (κ2) is 6.90. The van der Waals surface area contributed by atoms with Crippen molar-refractivity contribution in [1.82, 2.24) is 4.57 Å². The van der Waals surface area contributed by atoms with E-state index in [1.165, 1.54) is 11.1 Å². The predicted molar refractivity (Wildman–Crippen MR) is 76.2 cm³/mol. The largest absolute Gasteiger partial charge is 0.377 e. The fraction of sp³-hybridized carbons (Fsp3) is 0.312. The van der Waals surface area contributed by atoms with E-state index in [4.69, 9.17) is 4.74 Å². The van der Waals surface area contributed by atoms with Gasteiger partial charge in [-0.15, -0.1) is 0 Å². The molecule has 1 heterocycles. The van der Waals surface area contributed by atoms with Gasteiger partial charge in [-0.05, 0) is 30.5 Å². The van der Waals surface area contributed by atoms with Crippen molar-refractivity contribution < 1.29 is 4.74 Å². The molecule has 0 unspecified atom stereocenters. The van der Waals surface area contributed by atoms with Crippen molar-refractivity contribution in [3.8, 4) is 0 Å². The van der Waals surface area contributed by atoms with E-state index in [0.717, 1.165) is 13.0 Å². The van der Waals surface area contributed by atoms with Crippen LogP contribution in [0.1, 0.15) is 18.1 Å². The van der Waals surface area contributed by atoms with Gasteiger partial charge in [0.15, 0.2) is 0 Å². The van der Waals surface area contributed by atoms with Crippen LogP contribution in [0.15, 0.2) is 53.5 Å². The molecule has 0 amide bonds. The summed E-state index contributed by atoms with van der Waals surface area (Å²) in [5.41, 5.74) is 2.47. The van der Waals surface area contributed by atoms with E-state index in [9.17, 15) is 4.79 Å². The van der Waals surface area contributed by atoms with E-state index in [1.54, 1.807) is 16.7 Å². The summed E-state index contributed by atoms with van der Waals surface area (Å²) in [5.74, 6) is 0. The van der Waals surface area contributed by atoms with Crippen molar-refractivity contribution in [2.45, 2.75) is 26.5 Å². The van der Waals surface area contributed by atoms with E-state index < -0.39 is 0 Å². The summed E-state index contributed by atoms with van der Waals surface area (Å²) in [4.78, 5) is 11.6. The molecular weight excluding hydrogens is 238 g/mol. The second-order valence-corrected chi connectivity index (χ2v) is 4.44. The zero-order valence-corrected chi connectivity index (χ0v) is 11.2. The normalized spacial score (nSPS) is 10.6. The maximum atomic E-state index is 11.6. The van der Waals surface area contributed by atoms with Gasteiger partial charge in [0.1, 0.15) is 0 Å². The van der Waals surface area contributed by atoms with Gasteiger partial charge in [-0.25, -0.2) is 0 Å². The maximum Gasteiger partial charge on any atom is 0.250 e. The lowest BCUT2D eigenvalue weighted by Crippen LogP contribution is -2.18. The SMILES string of the molecule is CCOCc1ccc(CCn2ccccc2=O)cc1. The lowest BCUT2D eigenvalue weighted by Gasteiger charge is -2.06. The van der Waals surface area contributed by atoms with Crippen LogP contribution in [-0.2, 0) is 24.3 Å². The van der Waals surface area contributed by atoms with Gasteiger partial charge in [0.2, 0.25) is 0 Å². The first kappa shape index (κ1) is 13.6. The molecule has 19 heavy (non-hydrogen) atoms. The van der Waals surface area contributed by atoms with Gasteiger partial charge in [0, 0.05) is 25.4 Å². The van der Waals surface area contributed by atoms with Crippen molar-refractivity contribution in [2.24, 2.45) is 0 Å². The number of nitrogens with zero attached hydrogens (tertiary/aromatic N) is 1. The van der Waals surface area contributed by atoms with Crippen LogP contribution in [0.5, 0.6) is 0 Å². The number of hydrogen-bond acceptors (Lipinski definition) is 2. The highest BCUT2D eigenvalue weighted by atomic mass is 16.5. The Morgan fingerprint density at radius 2 is 1.79 bits per heavy atom. The molecule has 0 aliphatic rings. The Bertz CT molecular complexity index is 557. The van der Waals surface area contributed by atoms with Gasteiger partial charge >= 0.3 is 0 Å². The highest BCUT2D eigenvalue weighted by molar-refractivity contribution is 5.22. The third-order valence-electron chi connectivity index (χ3n) is 3.04. The predicted octanol–water partition coefficient (Wildman–Crippen LogP) is 2.63. The van der Waals surface area contributed by atoms with E-state index in [0.29, 0.717) is 13.2 Å². The van der Waals surface area contributed by atoms with Gasteiger partial charge < -0.3 is 9.30 Å². The quantitative estimate of drug-likeness (QED) is 0.796. The van der Waals surface area contributed by atoms with Crippen LogP contribution in [0.2, 0.25) is 0 Å². The van der Waals surface area contributed by atoms with Crippen molar-refractivity contribution in [1.29, 1.82) is 0 Å². The smallest absolute Gasteiger partial charge is 0.250 e. The minimum absolute atomic E-state index is 0.0514. The number of benzene rings is 1. The Morgan fingerprint density at radius 3 is 2.47 bits per heavy atom. The molecule has 1 aromatic heterocycles. The average molecular weight is 257 g/mol. The molecule has 2 aromatic rings. The molecule has 3 nitrogen and oxygen atoms in total. The number of hydrogen-bond donors (Lipinski definition) is 0. The average Bonchev–Trinajstić information content (AvgIpc) is 2.45. The lowest BCUT2D eigenvalue weighted by atomic mass is 10.1. The number of rotatable bonds is 6. The van der Waals surface area contributed by atoms with Crippen LogP contribution < -0.4 is 5.56 Å². The van der Waals surface area contributed by atoms with Crippen LogP contribution in [0.4, 0.5) is 0 Å². The van der Waals surface area contributed by atoms with Crippen LogP contribution >= 0.6 is 0 Å². The molecule has 0 spiro atoms. The molecule has 2 rings (SSSR count). The zero-order valence-electron chi connectivity index (χ0n) is 11.2. The van der Waals surface area contributed by atoms with Crippen LogP contribution in [0.25, 0.3) is 0 Å². The molecule has 100 valence electrons. The lowest BCUT2D eigenvalue weighted by molar-refractivity contribution is 0.134. The van der Waals surface area contributed by atoms with Gasteiger partial charge in [0.05, 0.1) is 6.61 Å². The van der Waals surface area contributed by atoms with E-state index in [2.05, 4.69) is 24.3 Å². The molecule has 0 aliphatic heterocycles. The molecule has 1 aromatic carbocycles. The van der Waals surface area contributed by atoms with Crippen molar-refractivity contribution in [2.75, 3.05) is 6.61 Å². The molecule has 0 fully saturated rings. The summed E-state index contributed by atoms with van der Waals surface area (Å²) in [6.45, 7) is 4.10. The summed E-state index contributed by atoms with van der Waals surface area (Å²) >= 11 is 0. The van der Waals surface area contributed by atoms with Gasteiger partial charge in [-0.1, -0.05) is 30.3 Å². The van der Waals surface area contributed by atoms with Crippen molar-refractivity contribution in [3.63, 3.8) is 0 Å². The molecule has 0 atom stereocenters. The van der Waals surface area contributed by atoms with Crippen LogP contribution in [0, 0.1) is 0 Å². The molecule has 0 N–H and O–H groups in total. The minimum atomic E-state index is 0.0514. The summed E-state index contributed by atoms with van der Waals surface area (Å²) in [6.07, 6.45) is 2.69. The van der Waals surface area contributed by atoms with Crippen LogP contribution in [-0.4, -0.2) is 11.2 Å². The van der Waals surface area contributed by atoms with E-state index in [-0.39, 0.29) is 5.56 Å². The fourth-order valence-corrected chi connectivity index (χ4v) is 1.92. The topological polar surface area (TPSA) is 31.2 Å². The van der Waals surface area contributed by atoms with Crippen molar-refractivity contribution in [3.05, 3.63) is 70.1 Å². The summed E-state index contributed by atoms with van der Waals surface area (Å²) in [7, 11) is 0. The Balaban J connectivity index is 1.93. The first-order chi connectivity index (χ1) is 9.29. The molecule has 0 aliphatic carbocycles. The Hall–Kier alpha value is -1.87. The number of pyridine rings is 1. The van der Waals surface area contributed by atoms with E-state index >= 15 is 0 Å². The second-order valence-electron chi connectivity index (χ2n) is 4.44. The van der Waals surface area contributed by atoms with Crippen molar-refractivity contribution >= 4 is 0 Å². The summed E-state index contributed by atoms with van der Waals surface area (Å²) < 4.78 is 7.09. The fourth-order valence-electron chi connectivity index (χ4n) is 1.92. The van der Waals surface area contributed by atoms with Gasteiger partial charge in [-0.3, -0.25) is 4.79 Å². The molecule has 0 saturated heterocycles. The molecule has 0 saturated carbocycles. The Kier molecular flexibility index (Phi) is 4.93. The van der Waals surface area contributed by atoms with Gasteiger partial charge in [-0.2, -0.15) is 0 Å². The number of aromatic nitrogens is 1. The monoisotopic (exact) mass is 257 g/mol. The maximum absolute atomic E-state index is 11.6. The number of ether oxygens (including phenoxy) is 1. The zero-order chi connectivity index (χ0) is 13.5. The molecular formula is C16H19NO2. The van der Waals surface area contributed by atoms with E-state index in [1.807, 2.05) is 19.2 Å². The highest BCUT2D eigenvalue weighted by Crippen LogP contribution is 2.07.